The van der Waals surface area contributed by atoms with E-state index in [4.69, 9.17) is 9.84 Å². The SMILES string of the molecule is C=C1CC(O)CCO1. The fraction of sp³-hybridized carbons (Fsp3) is 0.667. The standard InChI is InChI=1S/C6H10O2/c1-5-4-6(7)2-3-8-5/h6-7H,1-4H2. The monoisotopic (exact) mass is 114 g/mol. The highest BCUT2D eigenvalue weighted by Crippen LogP contribution is 2.13. The maximum absolute atomic E-state index is 8.94. The number of aliphatic hydroxyl groups excluding tert-OH is 1. The van der Waals surface area contributed by atoms with Crippen molar-refractivity contribution in [2.75, 3.05) is 6.61 Å². The lowest BCUT2D eigenvalue weighted by Crippen LogP contribution is -2.17. The lowest BCUT2D eigenvalue weighted by molar-refractivity contribution is 0.0593. The first-order valence-corrected chi connectivity index (χ1v) is 2.77. The largest absolute Gasteiger partial charge is 0.498 e. The van der Waals surface area contributed by atoms with Crippen LogP contribution in [0.1, 0.15) is 12.8 Å². The van der Waals surface area contributed by atoms with Crippen LogP contribution < -0.4 is 0 Å². The summed E-state index contributed by atoms with van der Waals surface area (Å²) in [6, 6.07) is 0. The Morgan fingerprint density at radius 1 is 1.75 bits per heavy atom. The predicted octanol–water partition coefficient (Wildman–Crippen LogP) is 0.671. The van der Waals surface area contributed by atoms with Gasteiger partial charge in [0.1, 0.15) is 0 Å². The summed E-state index contributed by atoms with van der Waals surface area (Å²) in [5, 5.41) is 8.94. The molecule has 0 radical (unpaired) electrons. The minimum atomic E-state index is -0.212. The molecule has 1 heterocycles. The van der Waals surface area contributed by atoms with Crippen LogP contribution in [0.25, 0.3) is 0 Å². The quantitative estimate of drug-likeness (QED) is 0.501. The number of ether oxygens (including phenoxy) is 1. The van der Waals surface area contributed by atoms with Crippen LogP contribution in [-0.2, 0) is 4.74 Å². The van der Waals surface area contributed by atoms with Crippen molar-refractivity contribution in [1.82, 2.24) is 0 Å². The minimum Gasteiger partial charge on any atom is -0.498 e. The fourth-order valence-electron chi connectivity index (χ4n) is 0.763. The van der Waals surface area contributed by atoms with Crippen molar-refractivity contribution in [2.24, 2.45) is 0 Å². The molecule has 2 heteroatoms. The molecule has 0 saturated carbocycles. The number of hydrogen-bond donors (Lipinski definition) is 1. The van der Waals surface area contributed by atoms with Gasteiger partial charge in [-0.15, -0.1) is 0 Å². The van der Waals surface area contributed by atoms with E-state index in [2.05, 4.69) is 6.58 Å². The van der Waals surface area contributed by atoms with Gasteiger partial charge in [0.05, 0.1) is 18.5 Å². The predicted molar refractivity (Wildman–Crippen MR) is 30.3 cm³/mol. The highest BCUT2D eigenvalue weighted by molar-refractivity contribution is 4.88. The van der Waals surface area contributed by atoms with Crippen LogP contribution in [0.3, 0.4) is 0 Å². The Morgan fingerprint density at radius 2 is 2.50 bits per heavy atom. The zero-order chi connectivity index (χ0) is 5.98. The number of aliphatic hydroxyl groups is 1. The molecule has 0 aromatic rings. The second-order valence-electron chi connectivity index (χ2n) is 2.03. The van der Waals surface area contributed by atoms with Crippen LogP contribution in [0.15, 0.2) is 12.3 Å². The van der Waals surface area contributed by atoms with E-state index in [0.717, 1.165) is 6.42 Å². The Hall–Kier alpha value is -0.500. The van der Waals surface area contributed by atoms with Crippen molar-refractivity contribution in [2.45, 2.75) is 18.9 Å². The molecule has 0 amide bonds. The Bertz CT molecular complexity index is 98.7. The smallest absolute Gasteiger partial charge is 0.0914 e. The Balaban J connectivity index is 2.34. The maximum Gasteiger partial charge on any atom is 0.0914 e. The van der Waals surface area contributed by atoms with Gasteiger partial charge in [0.2, 0.25) is 0 Å². The summed E-state index contributed by atoms with van der Waals surface area (Å²) in [5.41, 5.74) is 0. The molecule has 0 spiro atoms. The second-order valence-corrected chi connectivity index (χ2v) is 2.03. The van der Waals surface area contributed by atoms with E-state index >= 15 is 0 Å². The molecule has 1 rings (SSSR count). The van der Waals surface area contributed by atoms with E-state index in [1.807, 2.05) is 0 Å². The molecule has 46 valence electrons. The summed E-state index contributed by atoms with van der Waals surface area (Å²) >= 11 is 0. The van der Waals surface area contributed by atoms with Crippen LogP contribution in [0, 0.1) is 0 Å². The van der Waals surface area contributed by atoms with Crippen molar-refractivity contribution < 1.29 is 9.84 Å². The van der Waals surface area contributed by atoms with E-state index in [9.17, 15) is 0 Å². The zero-order valence-corrected chi connectivity index (χ0v) is 4.76. The summed E-state index contributed by atoms with van der Waals surface area (Å²) < 4.78 is 4.99. The Morgan fingerprint density at radius 3 is 2.88 bits per heavy atom. The third-order valence-electron chi connectivity index (χ3n) is 1.22. The first-order valence-electron chi connectivity index (χ1n) is 2.77. The van der Waals surface area contributed by atoms with Gasteiger partial charge in [-0.3, -0.25) is 0 Å². The molecule has 1 fully saturated rings. The average molecular weight is 114 g/mol. The molecule has 1 saturated heterocycles. The van der Waals surface area contributed by atoms with Crippen molar-refractivity contribution >= 4 is 0 Å². The lowest BCUT2D eigenvalue weighted by Gasteiger charge is -2.19. The van der Waals surface area contributed by atoms with Gasteiger partial charge in [0.15, 0.2) is 0 Å². The fourth-order valence-corrected chi connectivity index (χ4v) is 0.763. The molecule has 1 aliphatic heterocycles. The van der Waals surface area contributed by atoms with Crippen molar-refractivity contribution in [3.05, 3.63) is 12.3 Å². The van der Waals surface area contributed by atoms with Crippen LogP contribution in [0.4, 0.5) is 0 Å². The molecule has 2 nitrogen and oxygen atoms in total. The molecule has 0 bridgehead atoms. The van der Waals surface area contributed by atoms with Gasteiger partial charge in [0, 0.05) is 12.8 Å². The Labute approximate surface area is 48.8 Å². The van der Waals surface area contributed by atoms with Crippen LogP contribution in [0.5, 0.6) is 0 Å². The maximum atomic E-state index is 8.94. The third kappa shape index (κ3) is 1.23. The molecule has 0 aromatic carbocycles. The van der Waals surface area contributed by atoms with E-state index in [-0.39, 0.29) is 6.10 Å². The summed E-state index contributed by atoms with van der Waals surface area (Å²) in [6.07, 6.45) is 1.15. The molecular formula is C6H10O2. The molecule has 1 atom stereocenters. The third-order valence-corrected chi connectivity index (χ3v) is 1.22. The molecule has 0 aliphatic carbocycles. The van der Waals surface area contributed by atoms with Gasteiger partial charge in [-0.25, -0.2) is 0 Å². The van der Waals surface area contributed by atoms with Gasteiger partial charge in [-0.05, 0) is 0 Å². The van der Waals surface area contributed by atoms with Crippen molar-refractivity contribution in [3.63, 3.8) is 0 Å². The molecule has 1 aliphatic rings. The van der Waals surface area contributed by atoms with Gasteiger partial charge in [-0.1, -0.05) is 6.58 Å². The van der Waals surface area contributed by atoms with Crippen LogP contribution in [-0.4, -0.2) is 17.8 Å². The highest BCUT2D eigenvalue weighted by Gasteiger charge is 2.12. The van der Waals surface area contributed by atoms with Gasteiger partial charge in [0.25, 0.3) is 0 Å². The minimum absolute atomic E-state index is 0.212. The molecule has 1 unspecified atom stereocenters. The summed E-state index contributed by atoms with van der Waals surface area (Å²) in [7, 11) is 0. The molecule has 1 N–H and O–H groups in total. The summed E-state index contributed by atoms with van der Waals surface area (Å²) in [5.74, 6) is 0.712. The first-order chi connectivity index (χ1) is 3.79. The van der Waals surface area contributed by atoms with E-state index in [1.165, 1.54) is 0 Å². The van der Waals surface area contributed by atoms with Crippen LogP contribution in [0.2, 0.25) is 0 Å². The highest BCUT2D eigenvalue weighted by atomic mass is 16.5. The normalized spacial score (nSPS) is 29.6. The molecule has 0 aromatic heterocycles. The van der Waals surface area contributed by atoms with Crippen molar-refractivity contribution in [1.29, 1.82) is 0 Å². The van der Waals surface area contributed by atoms with E-state index in [0.29, 0.717) is 18.8 Å². The zero-order valence-electron chi connectivity index (χ0n) is 4.76. The first kappa shape index (κ1) is 5.63. The summed E-state index contributed by atoms with van der Waals surface area (Å²) in [4.78, 5) is 0. The second kappa shape index (κ2) is 2.18. The Kier molecular flexibility index (Phi) is 1.53. The summed E-state index contributed by atoms with van der Waals surface area (Å²) in [6.45, 7) is 4.21. The average Bonchev–Trinajstić information content (AvgIpc) is 1.64. The lowest BCUT2D eigenvalue weighted by atomic mass is 10.1. The molecular weight excluding hydrogens is 104 g/mol. The number of rotatable bonds is 0. The van der Waals surface area contributed by atoms with Crippen molar-refractivity contribution in [3.8, 4) is 0 Å². The van der Waals surface area contributed by atoms with E-state index in [1.54, 1.807) is 0 Å². The van der Waals surface area contributed by atoms with E-state index < -0.39 is 0 Å². The topological polar surface area (TPSA) is 29.5 Å². The van der Waals surface area contributed by atoms with Gasteiger partial charge >= 0.3 is 0 Å². The number of hydrogen-bond acceptors (Lipinski definition) is 2. The van der Waals surface area contributed by atoms with Gasteiger partial charge < -0.3 is 9.84 Å². The van der Waals surface area contributed by atoms with Gasteiger partial charge in [-0.2, -0.15) is 0 Å². The van der Waals surface area contributed by atoms with Crippen LogP contribution >= 0.6 is 0 Å². The molecule has 8 heavy (non-hydrogen) atoms.